The first-order valence-corrected chi connectivity index (χ1v) is 7.40. The van der Waals surface area contributed by atoms with Crippen molar-refractivity contribution in [3.8, 4) is 6.07 Å². The van der Waals surface area contributed by atoms with Crippen LogP contribution >= 0.6 is 0 Å². The van der Waals surface area contributed by atoms with E-state index in [0.29, 0.717) is 23.5 Å². The summed E-state index contributed by atoms with van der Waals surface area (Å²) in [5, 5.41) is 21.2. The van der Waals surface area contributed by atoms with Crippen LogP contribution in [-0.4, -0.2) is 29.0 Å². The van der Waals surface area contributed by atoms with Gasteiger partial charge < -0.3 is 10.1 Å². The van der Waals surface area contributed by atoms with Crippen LogP contribution in [0, 0.1) is 11.3 Å². The van der Waals surface area contributed by atoms with E-state index >= 15 is 0 Å². The molecule has 0 saturated heterocycles. The molecule has 1 heterocycles. The Bertz CT molecular complexity index is 503. The van der Waals surface area contributed by atoms with Crippen molar-refractivity contribution in [2.24, 2.45) is 0 Å². The predicted octanol–water partition coefficient (Wildman–Crippen LogP) is 2.45. The Morgan fingerprint density at radius 3 is 2.55 bits per heavy atom. The summed E-state index contributed by atoms with van der Waals surface area (Å²) in [6, 6.07) is 2.62. The Hall–Kier alpha value is -1.67. The van der Waals surface area contributed by atoms with E-state index < -0.39 is 0 Å². The maximum Gasteiger partial charge on any atom is 0.167 e. The van der Waals surface area contributed by atoms with Gasteiger partial charge in [-0.3, -0.25) is 0 Å². The molecule has 0 spiro atoms. The average Bonchev–Trinajstić information content (AvgIpc) is 2.44. The molecule has 1 aromatic rings. The molecule has 2 rings (SSSR count). The number of aryl methyl sites for hydroxylation is 1. The van der Waals surface area contributed by atoms with Crippen LogP contribution in [0.25, 0.3) is 0 Å². The third-order valence-electron chi connectivity index (χ3n) is 3.80. The zero-order valence-corrected chi connectivity index (χ0v) is 12.4. The first-order valence-electron chi connectivity index (χ1n) is 7.40. The summed E-state index contributed by atoms with van der Waals surface area (Å²) in [7, 11) is 0. The first kappa shape index (κ1) is 14.7. The Kier molecular flexibility index (Phi) is 4.91. The molecular weight excluding hydrogens is 252 g/mol. The minimum absolute atomic E-state index is 0.338. The second-order valence-corrected chi connectivity index (χ2v) is 5.06. The van der Waals surface area contributed by atoms with Gasteiger partial charge in [0.15, 0.2) is 5.82 Å². The minimum Gasteiger partial charge on any atom is -0.378 e. The highest BCUT2D eigenvalue weighted by Gasteiger charge is 2.30. The molecule has 0 amide bonds. The molecule has 108 valence electrons. The van der Waals surface area contributed by atoms with Gasteiger partial charge in [0.05, 0.1) is 11.8 Å². The number of hydrogen-bond donors (Lipinski definition) is 1. The smallest absolute Gasteiger partial charge is 0.167 e. The quantitative estimate of drug-likeness (QED) is 0.862. The fourth-order valence-electron chi connectivity index (χ4n) is 2.64. The molecule has 0 aliphatic heterocycles. The fourth-order valence-corrected chi connectivity index (χ4v) is 2.64. The maximum absolute atomic E-state index is 9.41. The molecule has 1 aromatic heterocycles. The molecular formula is C15H22N4O. The zero-order chi connectivity index (χ0) is 14.5. The van der Waals surface area contributed by atoms with Crippen LogP contribution in [0.2, 0.25) is 0 Å². The van der Waals surface area contributed by atoms with E-state index in [1.54, 1.807) is 0 Å². The molecule has 20 heavy (non-hydrogen) atoms. The van der Waals surface area contributed by atoms with E-state index in [0.717, 1.165) is 43.5 Å². The van der Waals surface area contributed by atoms with Gasteiger partial charge in [0.25, 0.3) is 0 Å². The molecule has 0 radical (unpaired) electrons. The summed E-state index contributed by atoms with van der Waals surface area (Å²) in [5.41, 5.74) is 2.60. The van der Waals surface area contributed by atoms with Crippen molar-refractivity contribution in [1.29, 1.82) is 5.26 Å². The van der Waals surface area contributed by atoms with Gasteiger partial charge in [0, 0.05) is 12.6 Å². The molecule has 1 aliphatic rings. The largest absolute Gasteiger partial charge is 0.378 e. The van der Waals surface area contributed by atoms with Crippen LogP contribution in [0.1, 0.15) is 50.4 Å². The normalized spacial score (nSPS) is 21.1. The average molecular weight is 274 g/mol. The summed E-state index contributed by atoms with van der Waals surface area (Å²) < 4.78 is 5.54. The molecule has 5 heteroatoms. The van der Waals surface area contributed by atoms with Gasteiger partial charge >= 0.3 is 0 Å². The molecule has 5 nitrogen and oxygen atoms in total. The Balaban J connectivity index is 2.11. The number of nitriles is 1. The molecule has 1 fully saturated rings. The first-order chi connectivity index (χ1) is 9.73. The SMILES string of the molecule is CCOC1CC(Nc2nnc(CC)c(CC)c2C#N)C1. The molecule has 1 N–H and O–H groups in total. The van der Waals surface area contributed by atoms with Crippen molar-refractivity contribution in [3.63, 3.8) is 0 Å². The third kappa shape index (κ3) is 2.91. The van der Waals surface area contributed by atoms with Crippen LogP contribution in [0.5, 0.6) is 0 Å². The summed E-state index contributed by atoms with van der Waals surface area (Å²) in [5.74, 6) is 0.626. The van der Waals surface area contributed by atoms with E-state index in [9.17, 15) is 5.26 Å². The molecule has 0 unspecified atom stereocenters. The number of hydrogen-bond acceptors (Lipinski definition) is 5. The lowest BCUT2D eigenvalue weighted by atomic mass is 9.89. The number of aromatic nitrogens is 2. The molecule has 1 aliphatic carbocycles. The van der Waals surface area contributed by atoms with Gasteiger partial charge in [-0.15, -0.1) is 5.10 Å². The molecule has 0 bridgehead atoms. The van der Waals surface area contributed by atoms with Crippen molar-refractivity contribution in [1.82, 2.24) is 10.2 Å². The lowest BCUT2D eigenvalue weighted by Gasteiger charge is -2.35. The van der Waals surface area contributed by atoms with E-state index in [1.807, 2.05) is 13.8 Å². The van der Waals surface area contributed by atoms with Gasteiger partial charge in [0.1, 0.15) is 11.6 Å². The zero-order valence-electron chi connectivity index (χ0n) is 12.4. The lowest BCUT2D eigenvalue weighted by Crippen LogP contribution is -2.41. The van der Waals surface area contributed by atoms with Gasteiger partial charge in [-0.25, -0.2) is 0 Å². The van der Waals surface area contributed by atoms with Crippen molar-refractivity contribution in [3.05, 3.63) is 16.8 Å². The van der Waals surface area contributed by atoms with Crippen LogP contribution in [0.15, 0.2) is 0 Å². The number of nitrogens with one attached hydrogen (secondary N) is 1. The van der Waals surface area contributed by atoms with E-state index in [2.05, 4.69) is 28.5 Å². The summed E-state index contributed by atoms with van der Waals surface area (Å²) in [6.45, 7) is 6.86. The third-order valence-corrected chi connectivity index (χ3v) is 3.80. The monoisotopic (exact) mass is 274 g/mol. The van der Waals surface area contributed by atoms with Gasteiger partial charge in [-0.1, -0.05) is 13.8 Å². The van der Waals surface area contributed by atoms with Crippen LogP contribution < -0.4 is 5.32 Å². The second-order valence-electron chi connectivity index (χ2n) is 5.06. The number of anilines is 1. The lowest BCUT2D eigenvalue weighted by molar-refractivity contribution is 0.00290. The number of rotatable bonds is 6. The highest BCUT2D eigenvalue weighted by molar-refractivity contribution is 5.57. The summed E-state index contributed by atoms with van der Waals surface area (Å²) in [6.07, 6.45) is 3.90. The van der Waals surface area contributed by atoms with E-state index in [-0.39, 0.29) is 0 Å². The van der Waals surface area contributed by atoms with Gasteiger partial charge in [-0.2, -0.15) is 10.4 Å². The van der Waals surface area contributed by atoms with Crippen LogP contribution in [-0.2, 0) is 17.6 Å². The standard InChI is InChI=1S/C15H22N4O/c1-4-12-13(9-16)15(19-18-14(12)5-2)17-10-7-11(8-10)20-6-3/h10-11H,4-8H2,1-3H3,(H,17,19). The highest BCUT2D eigenvalue weighted by atomic mass is 16.5. The Morgan fingerprint density at radius 1 is 1.25 bits per heavy atom. The summed E-state index contributed by atoms with van der Waals surface area (Å²) in [4.78, 5) is 0. The molecule has 0 atom stereocenters. The Morgan fingerprint density at radius 2 is 2.00 bits per heavy atom. The van der Waals surface area contributed by atoms with Crippen molar-refractivity contribution in [2.45, 2.75) is 58.6 Å². The van der Waals surface area contributed by atoms with Crippen LogP contribution in [0.3, 0.4) is 0 Å². The van der Waals surface area contributed by atoms with Gasteiger partial charge in [-0.05, 0) is 38.2 Å². The minimum atomic E-state index is 0.338. The fraction of sp³-hybridized carbons (Fsp3) is 0.667. The highest BCUT2D eigenvalue weighted by Crippen LogP contribution is 2.28. The summed E-state index contributed by atoms with van der Waals surface area (Å²) >= 11 is 0. The topological polar surface area (TPSA) is 70.8 Å². The Labute approximate surface area is 120 Å². The van der Waals surface area contributed by atoms with Gasteiger partial charge in [0.2, 0.25) is 0 Å². The molecule has 1 saturated carbocycles. The second kappa shape index (κ2) is 6.67. The van der Waals surface area contributed by atoms with E-state index in [4.69, 9.17) is 4.74 Å². The van der Waals surface area contributed by atoms with E-state index in [1.165, 1.54) is 0 Å². The number of ether oxygens (including phenoxy) is 1. The van der Waals surface area contributed by atoms with Crippen molar-refractivity contribution >= 4 is 5.82 Å². The van der Waals surface area contributed by atoms with Crippen LogP contribution in [0.4, 0.5) is 5.82 Å². The number of nitrogens with zero attached hydrogens (tertiary/aromatic N) is 3. The predicted molar refractivity (Wildman–Crippen MR) is 77.6 cm³/mol. The van der Waals surface area contributed by atoms with Crippen molar-refractivity contribution < 1.29 is 4.74 Å². The maximum atomic E-state index is 9.41. The molecule has 0 aromatic carbocycles. The van der Waals surface area contributed by atoms with Crippen molar-refractivity contribution in [2.75, 3.05) is 11.9 Å².